The predicted octanol–water partition coefficient (Wildman–Crippen LogP) is 2.86. The Kier molecular flexibility index (Phi) is 3.37. The topological polar surface area (TPSA) is 26.3 Å². The van der Waals surface area contributed by atoms with E-state index >= 15 is 0 Å². The summed E-state index contributed by atoms with van der Waals surface area (Å²) in [6.07, 6.45) is 5.59. The minimum atomic E-state index is -0.259. The number of carbonyl (C=O) groups excluding carboxylic acids is 1. The predicted molar refractivity (Wildman–Crippen MR) is 52.5 cm³/mol. The average Bonchev–Trinajstić information content (AvgIpc) is 2.01. The minimum absolute atomic E-state index is 0.0899. The van der Waals surface area contributed by atoms with E-state index in [1.807, 2.05) is 13.0 Å². The van der Waals surface area contributed by atoms with Gasteiger partial charge in [-0.2, -0.15) is 0 Å². The van der Waals surface area contributed by atoms with Crippen molar-refractivity contribution in [1.29, 1.82) is 0 Å². The Hall–Kier alpha value is -0.500. The molecule has 0 N–H and O–H groups in total. The first kappa shape index (κ1) is 10.6. The molecule has 0 radical (unpaired) electrons. The van der Waals surface area contributed by atoms with Crippen LogP contribution in [0.25, 0.3) is 0 Å². The minimum Gasteiger partial charge on any atom is -0.469 e. The zero-order chi connectivity index (χ0) is 9.90. The molecule has 0 amide bonds. The summed E-state index contributed by atoms with van der Waals surface area (Å²) in [4.78, 5) is 11.4. The van der Waals surface area contributed by atoms with Crippen molar-refractivity contribution in [2.75, 3.05) is 7.11 Å². The summed E-state index contributed by atoms with van der Waals surface area (Å²) >= 11 is 5.72. The van der Waals surface area contributed by atoms with Crippen LogP contribution in [-0.2, 0) is 9.53 Å². The number of halogens is 1. The van der Waals surface area contributed by atoms with Gasteiger partial charge in [0.15, 0.2) is 0 Å². The highest BCUT2D eigenvalue weighted by Gasteiger charge is 2.44. The second-order valence-electron chi connectivity index (χ2n) is 3.62. The van der Waals surface area contributed by atoms with Crippen LogP contribution in [0.15, 0.2) is 11.1 Å². The van der Waals surface area contributed by atoms with Crippen molar-refractivity contribution in [3.63, 3.8) is 0 Å². The van der Waals surface area contributed by atoms with Crippen molar-refractivity contribution < 1.29 is 9.53 Å². The molecule has 0 bridgehead atoms. The molecule has 0 unspecified atom stereocenters. The molecule has 1 saturated carbocycles. The van der Waals surface area contributed by atoms with Gasteiger partial charge in [0.2, 0.25) is 0 Å². The van der Waals surface area contributed by atoms with E-state index in [9.17, 15) is 4.79 Å². The van der Waals surface area contributed by atoms with Crippen LogP contribution in [0.2, 0.25) is 0 Å². The van der Waals surface area contributed by atoms with Crippen molar-refractivity contribution in [2.24, 2.45) is 5.41 Å². The van der Waals surface area contributed by atoms with Gasteiger partial charge in [-0.05, 0) is 26.2 Å². The van der Waals surface area contributed by atoms with Gasteiger partial charge >= 0.3 is 5.97 Å². The fourth-order valence-electron chi connectivity index (χ4n) is 1.65. The van der Waals surface area contributed by atoms with Crippen LogP contribution in [0.5, 0.6) is 0 Å². The highest BCUT2D eigenvalue weighted by Crippen LogP contribution is 2.45. The van der Waals surface area contributed by atoms with Gasteiger partial charge in [0.05, 0.1) is 12.5 Å². The lowest BCUT2D eigenvalue weighted by molar-refractivity contribution is -0.158. The second-order valence-corrected chi connectivity index (χ2v) is 4.22. The molecule has 0 aromatic carbocycles. The van der Waals surface area contributed by atoms with E-state index in [0.29, 0.717) is 0 Å². The van der Waals surface area contributed by atoms with E-state index in [4.69, 9.17) is 16.3 Å². The number of esters is 1. The number of rotatable bonds is 3. The molecule has 2 nitrogen and oxygen atoms in total. The Balaban J connectivity index is 2.60. The molecular formula is C10H15ClO2. The molecule has 0 spiro atoms. The first-order valence-corrected chi connectivity index (χ1v) is 4.89. The zero-order valence-electron chi connectivity index (χ0n) is 8.10. The monoisotopic (exact) mass is 202 g/mol. The Morgan fingerprint density at radius 2 is 2.23 bits per heavy atom. The summed E-state index contributed by atoms with van der Waals surface area (Å²) in [5.41, 5.74) is -0.259. The maximum Gasteiger partial charge on any atom is 0.312 e. The zero-order valence-corrected chi connectivity index (χ0v) is 8.86. The molecule has 1 aliphatic rings. The van der Waals surface area contributed by atoms with Gasteiger partial charge in [0.25, 0.3) is 0 Å². The van der Waals surface area contributed by atoms with Gasteiger partial charge in [-0.1, -0.05) is 24.1 Å². The number of hydrogen-bond acceptors (Lipinski definition) is 2. The molecule has 0 aromatic rings. The third-order valence-electron chi connectivity index (χ3n) is 2.70. The highest BCUT2D eigenvalue weighted by atomic mass is 35.5. The molecule has 0 heterocycles. The fraction of sp³-hybridized carbons (Fsp3) is 0.700. The summed E-state index contributed by atoms with van der Waals surface area (Å²) in [7, 11) is 1.44. The molecular weight excluding hydrogens is 188 g/mol. The third kappa shape index (κ3) is 2.25. The number of carbonyl (C=O) groups is 1. The maximum atomic E-state index is 11.4. The largest absolute Gasteiger partial charge is 0.469 e. The van der Waals surface area contributed by atoms with Crippen molar-refractivity contribution >= 4 is 17.6 Å². The van der Waals surface area contributed by atoms with Gasteiger partial charge in [0.1, 0.15) is 0 Å². The van der Waals surface area contributed by atoms with Crippen LogP contribution >= 0.6 is 11.6 Å². The van der Waals surface area contributed by atoms with E-state index < -0.39 is 0 Å². The van der Waals surface area contributed by atoms with E-state index in [1.165, 1.54) is 7.11 Å². The number of ether oxygens (including phenoxy) is 1. The SMILES string of the molecule is COC(=O)C1(CC=C(C)Cl)CCC1. The Morgan fingerprint density at radius 1 is 1.62 bits per heavy atom. The van der Waals surface area contributed by atoms with Crippen LogP contribution in [0.3, 0.4) is 0 Å². The normalized spacial score (nSPS) is 20.7. The summed E-state index contributed by atoms with van der Waals surface area (Å²) in [6.45, 7) is 1.82. The maximum absolute atomic E-state index is 11.4. The molecule has 1 rings (SSSR count). The van der Waals surface area contributed by atoms with Crippen LogP contribution in [-0.4, -0.2) is 13.1 Å². The Labute approximate surface area is 83.9 Å². The average molecular weight is 203 g/mol. The Bertz CT molecular complexity index is 225. The number of methoxy groups -OCH3 is 1. The standard InChI is InChI=1S/C10H15ClO2/c1-8(11)4-7-10(5-3-6-10)9(12)13-2/h4H,3,5-7H2,1-2H3. The first-order chi connectivity index (χ1) is 6.10. The lowest BCUT2D eigenvalue weighted by atomic mass is 9.66. The molecule has 0 saturated heterocycles. The smallest absolute Gasteiger partial charge is 0.312 e. The van der Waals surface area contributed by atoms with Gasteiger partial charge in [-0.15, -0.1) is 0 Å². The molecule has 74 valence electrons. The molecule has 13 heavy (non-hydrogen) atoms. The van der Waals surface area contributed by atoms with Gasteiger partial charge in [-0.25, -0.2) is 0 Å². The summed E-state index contributed by atoms with van der Waals surface area (Å²) < 4.78 is 4.78. The van der Waals surface area contributed by atoms with E-state index in [2.05, 4.69) is 0 Å². The summed E-state index contributed by atoms with van der Waals surface area (Å²) in [5.74, 6) is -0.0899. The first-order valence-electron chi connectivity index (χ1n) is 4.51. The Morgan fingerprint density at radius 3 is 2.54 bits per heavy atom. The number of hydrogen-bond donors (Lipinski definition) is 0. The van der Waals surface area contributed by atoms with Gasteiger partial charge in [0, 0.05) is 5.03 Å². The van der Waals surface area contributed by atoms with Crippen LogP contribution in [0.4, 0.5) is 0 Å². The van der Waals surface area contributed by atoms with Crippen LogP contribution in [0.1, 0.15) is 32.6 Å². The third-order valence-corrected chi connectivity index (χ3v) is 2.86. The fourth-order valence-corrected chi connectivity index (χ4v) is 1.72. The molecule has 1 fully saturated rings. The van der Waals surface area contributed by atoms with E-state index in [1.54, 1.807) is 0 Å². The van der Waals surface area contributed by atoms with Gasteiger partial charge in [-0.3, -0.25) is 4.79 Å². The summed E-state index contributed by atoms with van der Waals surface area (Å²) in [6, 6.07) is 0. The van der Waals surface area contributed by atoms with E-state index in [0.717, 1.165) is 30.7 Å². The lowest BCUT2D eigenvalue weighted by Crippen LogP contribution is -2.38. The molecule has 3 heteroatoms. The second kappa shape index (κ2) is 4.14. The quantitative estimate of drug-likeness (QED) is 0.658. The molecule has 0 aromatic heterocycles. The number of allylic oxidation sites excluding steroid dienone is 2. The van der Waals surface area contributed by atoms with Crippen LogP contribution < -0.4 is 0 Å². The van der Waals surface area contributed by atoms with Crippen LogP contribution in [0, 0.1) is 5.41 Å². The lowest BCUT2D eigenvalue weighted by Gasteiger charge is -2.38. The molecule has 0 atom stereocenters. The summed E-state index contributed by atoms with van der Waals surface area (Å²) in [5, 5.41) is 0.746. The van der Waals surface area contributed by atoms with Crippen molar-refractivity contribution in [2.45, 2.75) is 32.6 Å². The van der Waals surface area contributed by atoms with Crippen molar-refractivity contribution in [3.8, 4) is 0 Å². The van der Waals surface area contributed by atoms with E-state index in [-0.39, 0.29) is 11.4 Å². The molecule has 0 aliphatic heterocycles. The van der Waals surface area contributed by atoms with Crippen molar-refractivity contribution in [3.05, 3.63) is 11.1 Å². The van der Waals surface area contributed by atoms with Gasteiger partial charge < -0.3 is 4.74 Å². The molecule has 1 aliphatic carbocycles. The highest BCUT2D eigenvalue weighted by molar-refractivity contribution is 6.29. The van der Waals surface area contributed by atoms with Crippen molar-refractivity contribution in [1.82, 2.24) is 0 Å².